The number of nitrogens with one attached hydrogen (secondary N) is 1. The molecular formula is C24H23F3N6O4. The summed E-state index contributed by atoms with van der Waals surface area (Å²) in [5, 5.41) is 3.25. The van der Waals surface area contributed by atoms with Gasteiger partial charge in [-0.3, -0.25) is 19.4 Å². The number of benzene rings is 1. The van der Waals surface area contributed by atoms with Crippen molar-refractivity contribution in [3.63, 3.8) is 0 Å². The maximum Gasteiger partial charge on any atom is 0.270 e. The standard InChI is InChI=1S/C24H23F3N6O4/c1-4-37-33(18-6-13(25)5-14(20(18)36-3)22-30-9-12(2)10-31-22)17-7-16(29-11-15(17)21(28)34)23(35)32-19-8-24(19,26)27/h5-7,9-11,19H,4,8H2,1-3H3,(H2,28,34)(H,32,35). The van der Waals surface area contributed by atoms with E-state index in [0.29, 0.717) is 0 Å². The zero-order chi connectivity index (χ0) is 26.9. The number of aromatic nitrogens is 3. The van der Waals surface area contributed by atoms with Crippen molar-refractivity contribution in [2.24, 2.45) is 5.73 Å². The van der Waals surface area contributed by atoms with Crippen molar-refractivity contribution in [2.75, 3.05) is 18.8 Å². The van der Waals surface area contributed by atoms with Crippen LogP contribution in [0.4, 0.5) is 24.5 Å². The fourth-order valence-corrected chi connectivity index (χ4v) is 3.57. The van der Waals surface area contributed by atoms with Gasteiger partial charge in [0.2, 0.25) is 0 Å². The van der Waals surface area contributed by atoms with E-state index < -0.39 is 36.0 Å². The molecule has 2 amide bonds. The van der Waals surface area contributed by atoms with E-state index in [0.717, 1.165) is 29.0 Å². The molecule has 1 aliphatic rings. The Hall–Kier alpha value is -4.26. The van der Waals surface area contributed by atoms with Gasteiger partial charge in [0.15, 0.2) is 11.6 Å². The summed E-state index contributed by atoms with van der Waals surface area (Å²) in [5.41, 5.74) is 5.94. The van der Waals surface area contributed by atoms with E-state index >= 15 is 0 Å². The average molecular weight is 516 g/mol. The average Bonchev–Trinajstić information content (AvgIpc) is 3.47. The topological polar surface area (TPSA) is 133 Å². The van der Waals surface area contributed by atoms with Crippen LogP contribution in [0, 0.1) is 12.7 Å². The molecule has 10 nitrogen and oxygen atoms in total. The molecule has 0 bridgehead atoms. The molecule has 4 rings (SSSR count). The summed E-state index contributed by atoms with van der Waals surface area (Å²) >= 11 is 0. The molecular weight excluding hydrogens is 493 g/mol. The van der Waals surface area contributed by atoms with Crippen molar-refractivity contribution in [3.8, 4) is 17.1 Å². The second-order valence-corrected chi connectivity index (χ2v) is 8.24. The van der Waals surface area contributed by atoms with Gasteiger partial charge in [0.05, 0.1) is 36.6 Å². The Balaban J connectivity index is 1.85. The number of nitrogens with zero attached hydrogens (tertiary/aromatic N) is 4. The minimum Gasteiger partial charge on any atom is -0.494 e. The first-order chi connectivity index (χ1) is 17.6. The lowest BCUT2D eigenvalue weighted by Crippen LogP contribution is -2.31. The Morgan fingerprint density at radius 3 is 2.41 bits per heavy atom. The highest BCUT2D eigenvalue weighted by Crippen LogP contribution is 2.43. The van der Waals surface area contributed by atoms with Gasteiger partial charge in [-0.25, -0.2) is 28.2 Å². The molecule has 3 aromatic rings. The van der Waals surface area contributed by atoms with E-state index in [4.69, 9.17) is 15.3 Å². The van der Waals surface area contributed by atoms with Crippen LogP contribution < -0.4 is 20.9 Å². The maximum atomic E-state index is 14.9. The summed E-state index contributed by atoms with van der Waals surface area (Å²) in [6.07, 6.45) is 3.63. The van der Waals surface area contributed by atoms with Gasteiger partial charge in [-0.1, -0.05) is 0 Å². The smallest absolute Gasteiger partial charge is 0.270 e. The summed E-state index contributed by atoms with van der Waals surface area (Å²) < 4.78 is 47.1. The highest BCUT2D eigenvalue weighted by Gasteiger charge is 2.58. The van der Waals surface area contributed by atoms with Crippen LogP contribution in [-0.2, 0) is 4.84 Å². The number of carbonyl (C=O) groups is 2. The summed E-state index contributed by atoms with van der Waals surface area (Å²) in [6.45, 7) is 3.46. The monoisotopic (exact) mass is 516 g/mol. The molecule has 2 aromatic heterocycles. The number of amides is 2. The molecule has 194 valence electrons. The summed E-state index contributed by atoms with van der Waals surface area (Å²) in [7, 11) is 1.34. The Kier molecular flexibility index (Phi) is 6.99. The normalized spacial score (nSPS) is 15.7. The van der Waals surface area contributed by atoms with Crippen molar-refractivity contribution in [3.05, 3.63) is 59.4 Å². The molecule has 0 saturated heterocycles. The molecule has 1 atom stereocenters. The third kappa shape index (κ3) is 5.31. The lowest BCUT2D eigenvalue weighted by Gasteiger charge is -2.27. The molecule has 1 unspecified atom stereocenters. The van der Waals surface area contributed by atoms with Crippen LogP contribution in [0.15, 0.2) is 36.8 Å². The van der Waals surface area contributed by atoms with Gasteiger partial charge >= 0.3 is 0 Å². The first kappa shape index (κ1) is 25.8. The van der Waals surface area contributed by atoms with Crippen LogP contribution >= 0.6 is 0 Å². The first-order valence-electron chi connectivity index (χ1n) is 11.1. The number of hydrogen-bond acceptors (Lipinski definition) is 8. The number of rotatable bonds is 9. The SMILES string of the molecule is CCON(c1cc(C(=O)NC2CC2(F)F)ncc1C(N)=O)c1cc(F)cc(-c2ncc(C)cn2)c1OC. The molecule has 0 aliphatic heterocycles. The number of anilines is 2. The van der Waals surface area contributed by atoms with E-state index in [1.54, 1.807) is 26.2 Å². The zero-order valence-electron chi connectivity index (χ0n) is 20.1. The number of alkyl halides is 2. The van der Waals surface area contributed by atoms with Gasteiger partial charge in [0.25, 0.3) is 17.7 Å². The summed E-state index contributed by atoms with van der Waals surface area (Å²) in [5.74, 6) is -5.26. The Labute approximate surface area is 209 Å². The van der Waals surface area contributed by atoms with Crippen LogP contribution in [-0.4, -0.2) is 52.4 Å². The van der Waals surface area contributed by atoms with Gasteiger partial charge in [-0.05, 0) is 31.5 Å². The molecule has 2 heterocycles. The zero-order valence-corrected chi connectivity index (χ0v) is 20.1. The number of halogens is 3. The molecule has 0 spiro atoms. The quantitative estimate of drug-likeness (QED) is 0.414. The molecule has 1 aromatic carbocycles. The summed E-state index contributed by atoms with van der Waals surface area (Å²) in [6, 6.07) is 2.08. The summed E-state index contributed by atoms with van der Waals surface area (Å²) in [4.78, 5) is 42.9. The number of methoxy groups -OCH3 is 1. The fraction of sp³-hybridized carbons (Fsp3) is 0.292. The second kappa shape index (κ2) is 10.0. The second-order valence-electron chi connectivity index (χ2n) is 8.24. The first-order valence-corrected chi connectivity index (χ1v) is 11.1. The minimum absolute atomic E-state index is 0.00249. The molecule has 3 N–H and O–H groups in total. The predicted octanol–water partition coefficient (Wildman–Crippen LogP) is 3.32. The number of carbonyl (C=O) groups excluding carboxylic acids is 2. The van der Waals surface area contributed by atoms with E-state index in [2.05, 4.69) is 20.3 Å². The van der Waals surface area contributed by atoms with E-state index in [1.807, 2.05) is 0 Å². The van der Waals surface area contributed by atoms with Gasteiger partial charge in [-0.2, -0.15) is 0 Å². The molecule has 0 radical (unpaired) electrons. The van der Waals surface area contributed by atoms with Crippen molar-refractivity contribution >= 4 is 23.2 Å². The van der Waals surface area contributed by atoms with E-state index in [-0.39, 0.29) is 46.4 Å². The number of aryl methyl sites for hydroxylation is 1. The number of pyridine rings is 1. The maximum absolute atomic E-state index is 14.9. The highest BCUT2D eigenvalue weighted by atomic mass is 19.3. The number of primary amides is 1. The number of hydrogen-bond donors (Lipinski definition) is 2. The Morgan fingerprint density at radius 2 is 1.84 bits per heavy atom. The van der Waals surface area contributed by atoms with Crippen LogP contribution in [0.3, 0.4) is 0 Å². The third-order valence-electron chi connectivity index (χ3n) is 5.47. The van der Waals surface area contributed by atoms with E-state index in [1.165, 1.54) is 13.2 Å². The van der Waals surface area contributed by atoms with Crippen LogP contribution in [0.5, 0.6) is 5.75 Å². The molecule has 13 heteroatoms. The molecule has 37 heavy (non-hydrogen) atoms. The molecule has 1 fully saturated rings. The lowest BCUT2D eigenvalue weighted by atomic mass is 10.1. The van der Waals surface area contributed by atoms with Crippen molar-refractivity contribution in [1.29, 1.82) is 0 Å². The van der Waals surface area contributed by atoms with Crippen molar-refractivity contribution in [1.82, 2.24) is 20.3 Å². The van der Waals surface area contributed by atoms with Crippen molar-refractivity contribution < 1.29 is 32.3 Å². The van der Waals surface area contributed by atoms with Gasteiger partial charge < -0.3 is 15.8 Å². The van der Waals surface area contributed by atoms with Crippen molar-refractivity contribution in [2.45, 2.75) is 32.2 Å². The number of ether oxygens (including phenoxy) is 1. The van der Waals surface area contributed by atoms with Gasteiger partial charge in [-0.15, -0.1) is 0 Å². The highest BCUT2D eigenvalue weighted by molar-refractivity contribution is 6.02. The Morgan fingerprint density at radius 1 is 1.16 bits per heavy atom. The fourth-order valence-electron chi connectivity index (χ4n) is 3.57. The number of nitrogens with two attached hydrogens (primary N) is 1. The van der Waals surface area contributed by atoms with Gasteiger partial charge in [0.1, 0.15) is 17.2 Å². The van der Waals surface area contributed by atoms with Crippen LogP contribution in [0.1, 0.15) is 39.8 Å². The Bertz CT molecular complexity index is 1350. The van der Waals surface area contributed by atoms with Crippen LogP contribution in [0.2, 0.25) is 0 Å². The van der Waals surface area contributed by atoms with Crippen LogP contribution in [0.25, 0.3) is 11.4 Å². The predicted molar refractivity (Wildman–Crippen MR) is 126 cm³/mol. The molecule has 1 aliphatic carbocycles. The third-order valence-corrected chi connectivity index (χ3v) is 5.47. The molecule has 1 saturated carbocycles. The lowest BCUT2D eigenvalue weighted by molar-refractivity contribution is 0.0845. The van der Waals surface area contributed by atoms with Gasteiger partial charge in [0, 0.05) is 31.1 Å². The van der Waals surface area contributed by atoms with E-state index in [9.17, 15) is 22.8 Å². The largest absolute Gasteiger partial charge is 0.494 e. The minimum atomic E-state index is -2.99.